The van der Waals surface area contributed by atoms with E-state index in [0.29, 0.717) is 18.0 Å². The molecule has 1 amide bonds. The summed E-state index contributed by atoms with van der Waals surface area (Å²) in [5.74, 6) is 0.303. The number of nitrogens with two attached hydrogens (primary N) is 2. The van der Waals surface area contributed by atoms with Gasteiger partial charge in [0, 0.05) is 32.4 Å². The second kappa shape index (κ2) is 5.63. The van der Waals surface area contributed by atoms with Gasteiger partial charge >= 0.3 is 0 Å². The molecule has 104 valence electrons. The number of imidazole rings is 1. The zero-order valence-electron chi connectivity index (χ0n) is 10.9. The van der Waals surface area contributed by atoms with Crippen LogP contribution in [0.4, 0.5) is 10.7 Å². The molecule has 0 atom stereocenters. The smallest absolute Gasteiger partial charge is 0.261 e. The van der Waals surface area contributed by atoms with Crippen LogP contribution in [0.2, 0.25) is 0 Å². The van der Waals surface area contributed by atoms with Crippen molar-refractivity contribution in [2.45, 2.75) is 6.42 Å². The van der Waals surface area contributed by atoms with Crippen LogP contribution in [-0.2, 0) is 13.5 Å². The van der Waals surface area contributed by atoms with Gasteiger partial charge in [-0.3, -0.25) is 4.79 Å². The van der Waals surface area contributed by atoms with Crippen LogP contribution in [0.1, 0.15) is 21.1 Å². The van der Waals surface area contributed by atoms with E-state index < -0.39 is 5.91 Å². The van der Waals surface area contributed by atoms with E-state index in [-0.39, 0.29) is 16.1 Å². The summed E-state index contributed by atoms with van der Waals surface area (Å²) in [6, 6.07) is 1.99. The van der Waals surface area contributed by atoms with E-state index in [0.717, 1.165) is 17.2 Å². The second-order valence-electron chi connectivity index (χ2n) is 4.16. The Morgan fingerprint density at radius 3 is 2.95 bits per heavy atom. The molecule has 5 N–H and O–H groups in total. The monoisotopic (exact) mass is 290 g/mol. The Hall–Kier alpha value is -2.53. The van der Waals surface area contributed by atoms with Crippen molar-refractivity contribution in [2.24, 2.45) is 12.8 Å². The summed E-state index contributed by atoms with van der Waals surface area (Å²) in [5.41, 5.74) is 11.4. The predicted molar refractivity (Wildman–Crippen MR) is 77.4 cm³/mol. The van der Waals surface area contributed by atoms with Gasteiger partial charge in [0.2, 0.25) is 0 Å². The fourth-order valence-corrected chi connectivity index (χ4v) is 2.74. The molecule has 20 heavy (non-hydrogen) atoms. The number of amides is 1. The van der Waals surface area contributed by atoms with Gasteiger partial charge in [-0.1, -0.05) is 0 Å². The van der Waals surface area contributed by atoms with Gasteiger partial charge < -0.3 is 21.4 Å². The number of nitrogen functional groups attached to an aromatic ring is 1. The molecule has 0 saturated carbocycles. The zero-order chi connectivity index (χ0) is 14.7. The summed E-state index contributed by atoms with van der Waals surface area (Å²) in [6.07, 6.45) is 4.28. The van der Waals surface area contributed by atoms with E-state index in [1.807, 2.05) is 23.9 Å². The van der Waals surface area contributed by atoms with Crippen molar-refractivity contribution < 1.29 is 4.79 Å². The van der Waals surface area contributed by atoms with Crippen molar-refractivity contribution in [1.29, 1.82) is 5.26 Å². The highest BCUT2D eigenvalue weighted by Crippen LogP contribution is 2.34. The van der Waals surface area contributed by atoms with Crippen LogP contribution in [0.5, 0.6) is 0 Å². The SMILES string of the molecule is Cn1ccnc1CCNc1sc(C(N)=O)c(N)c1C#N. The van der Waals surface area contributed by atoms with Gasteiger partial charge in [0.05, 0.1) is 5.69 Å². The third-order valence-electron chi connectivity index (χ3n) is 2.84. The molecule has 0 radical (unpaired) electrons. The maximum atomic E-state index is 11.2. The Labute approximate surface area is 119 Å². The largest absolute Gasteiger partial charge is 0.396 e. The third kappa shape index (κ3) is 2.57. The lowest BCUT2D eigenvalue weighted by Gasteiger charge is -2.04. The van der Waals surface area contributed by atoms with Crippen LogP contribution in [0.15, 0.2) is 12.4 Å². The van der Waals surface area contributed by atoms with Gasteiger partial charge in [-0.05, 0) is 0 Å². The summed E-state index contributed by atoms with van der Waals surface area (Å²) in [6.45, 7) is 0.581. The third-order valence-corrected chi connectivity index (χ3v) is 4.01. The Kier molecular flexibility index (Phi) is 3.91. The van der Waals surface area contributed by atoms with Gasteiger partial charge in [0.25, 0.3) is 5.91 Å². The number of aromatic nitrogens is 2. The van der Waals surface area contributed by atoms with Crippen molar-refractivity contribution in [1.82, 2.24) is 9.55 Å². The fourth-order valence-electron chi connectivity index (χ4n) is 1.79. The molecular weight excluding hydrogens is 276 g/mol. The van der Waals surface area contributed by atoms with Gasteiger partial charge in [0.15, 0.2) is 0 Å². The summed E-state index contributed by atoms with van der Waals surface area (Å²) >= 11 is 1.10. The first-order chi connectivity index (χ1) is 9.54. The fraction of sp³-hybridized carbons (Fsp3) is 0.250. The summed E-state index contributed by atoms with van der Waals surface area (Å²) in [7, 11) is 1.91. The topological polar surface area (TPSA) is 123 Å². The normalized spacial score (nSPS) is 10.2. The van der Waals surface area contributed by atoms with Gasteiger partial charge in [-0.2, -0.15) is 5.26 Å². The first kappa shape index (κ1) is 13.9. The Morgan fingerprint density at radius 2 is 2.40 bits per heavy atom. The first-order valence-corrected chi connectivity index (χ1v) is 6.68. The average molecular weight is 290 g/mol. The molecule has 0 unspecified atom stereocenters. The molecule has 0 bridgehead atoms. The number of hydrogen-bond acceptors (Lipinski definition) is 6. The van der Waals surface area contributed by atoms with Crippen molar-refractivity contribution in [2.75, 3.05) is 17.6 Å². The summed E-state index contributed by atoms with van der Waals surface area (Å²) < 4.78 is 1.92. The van der Waals surface area contributed by atoms with Crippen LogP contribution >= 0.6 is 11.3 Å². The molecule has 0 aliphatic heterocycles. The number of carbonyl (C=O) groups is 1. The molecule has 7 nitrogen and oxygen atoms in total. The zero-order valence-corrected chi connectivity index (χ0v) is 11.7. The number of nitrogens with zero attached hydrogens (tertiary/aromatic N) is 3. The lowest BCUT2D eigenvalue weighted by Crippen LogP contribution is -2.10. The maximum Gasteiger partial charge on any atom is 0.261 e. The number of nitriles is 1. The molecule has 2 aromatic rings. The molecular formula is C12H14N6OS. The number of rotatable bonds is 5. The highest BCUT2D eigenvalue weighted by atomic mass is 32.1. The molecule has 0 aliphatic rings. The molecule has 2 heterocycles. The number of hydrogen-bond donors (Lipinski definition) is 3. The Morgan fingerprint density at radius 1 is 1.65 bits per heavy atom. The lowest BCUT2D eigenvalue weighted by molar-refractivity contribution is 0.100. The summed E-state index contributed by atoms with van der Waals surface area (Å²) in [5, 5.41) is 12.8. The van der Waals surface area contributed by atoms with E-state index in [9.17, 15) is 4.79 Å². The molecule has 2 rings (SSSR count). The highest BCUT2D eigenvalue weighted by molar-refractivity contribution is 7.18. The van der Waals surface area contributed by atoms with Crippen LogP contribution in [0.3, 0.4) is 0 Å². The number of primary amides is 1. The minimum Gasteiger partial charge on any atom is -0.396 e. The van der Waals surface area contributed by atoms with Crippen LogP contribution in [-0.4, -0.2) is 22.0 Å². The first-order valence-electron chi connectivity index (χ1n) is 5.86. The quantitative estimate of drug-likeness (QED) is 0.747. The molecule has 0 aliphatic carbocycles. The second-order valence-corrected chi connectivity index (χ2v) is 5.18. The van der Waals surface area contributed by atoms with Crippen molar-refractivity contribution in [3.8, 4) is 6.07 Å². The van der Waals surface area contributed by atoms with Gasteiger partial charge in [-0.15, -0.1) is 11.3 Å². The number of thiophene rings is 1. The number of anilines is 2. The van der Waals surface area contributed by atoms with Crippen molar-refractivity contribution >= 4 is 27.9 Å². The van der Waals surface area contributed by atoms with Crippen LogP contribution < -0.4 is 16.8 Å². The maximum absolute atomic E-state index is 11.2. The molecule has 8 heteroatoms. The number of nitrogens with one attached hydrogen (secondary N) is 1. The highest BCUT2D eigenvalue weighted by Gasteiger charge is 2.19. The molecule has 0 aromatic carbocycles. The molecule has 0 spiro atoms. The van der Waals surface area contributed by atoms with Crippen molar-refractivity contribution in [3.63, 3.8) is 0 Å². The minimum absolute atomic E-state index is 0.143. The van der Waals surface area contributed by atoms with E-state index in [4.69, 9.17) is 16.7 Å². The standard InChI is InChI=1S/C12H14N6OS/c1-18-5-4-16-8(18)2-3-17-12-7(6-13)9(14)10(20-12)11(15)19/h4-5,17H,2-3,14H2,1H3,(H2,15,19). The van der Waals surface area contributed by atoms with E-state index in [1.54, 1.807) is 6.20 Å². The van der Waals surface area contributed by atoms with Gasteiger partial charge in [-0.25, -0.2) is 4.98 Å². The van der Waals surface area contributed by atoms with Crippen LogP contribution in [0.25, 0.3) is 0 Å². The van der Waals surface area contributed by atoms with E-state index in [2.05, 4.69) is 10.3 Å². The minimum atomic E-state index is -0.624. The van der Waals surface area contributed by atoms with E-state index in [1.165, 1.54) is 0 Å². The Bertz CT molecular complexity index is 681. The number of aryl methyl sites for hydroxylation is 1. The average Bonchev–Trinajstić information content (AvgIpc) is 2.94. The number of carbonyl (C=O) groups excluding carboxylic acids is 1. The van der Waals surface area contributed by atoms with E-state index >= 15 is 0 Å². The predicted octanol–water partition coefficient (Wildman–Crippen LogP) is 0.689. The van der Waals surface area contributed by atoms with Crippen LogP contribution in [0, 0.1) is 11.3 Å². The Balaban J connectivity index is 2.10. The lowest BCUT2D eigenvalue weighted by atomic mass is 10.2. The molecule has 2 aromatic heterocycles. The van der Waals surface area contributed by atoms with Crippen molar-refractivity contribution in [3.05, 3.63) is 28.7 Å². The molecule has 0 saturated heterocycles. The van der Waals surface area contributed by atoms with Gasteiger partial charge in [0.1, 0.15) is 27.3 Å². The molecule has 0 fully saturated rings. The summed E-state index contributed by atoms with van der Waals surface area (Å²) in [4.78, 5) is 15.6.